The molecule has 1 atom stereocenters. The summed E-state index contributed by atoms with van der Waals surface area (Å²) >= 11 is 3.17. The fourth-order valence-electron chi connectivity index (χ4n) is 3.19. The Morgan fingerprint density at radius 1 is 1.30 bits per heavy atom. The molecule has 2 aromatic rings. The number of likely N-dealkylation sites (tertiary alicyclic amines) is 1. The third-order valence-corrected chi connectivity index (χ3v) is 5.23. The topological polar surface area (TPSA) is 52.8 Å². The van der Waals surface area contributed by atoms with Gasteiger partial charge in [0, 0.05) is 20.1 Å². The van der Waals surface area contributed by atoms with Crippen molar-refractivity contribution < 1.29 is 8.81 Å². The molecule has 0 amide bonds. The van der Waals surface area contributed by atoms with Crippen molar-refractivity contribution in [1.29, 1.82) is 0 Å². The number of furan rings is 1. The molecule has 1 aliphatic heterocycles. The molecule has 2 heterocycles. The van der Waals surface area contributed by atoms with Crippen LogP contribution in [-0.2, 0) is 6.54 Å². The van der Waals surface area contributed by atoms with Crippen LogP contribution in [0.1, 0.15) is 30.2 Å². The van der Waals surface area contributed by atoms with Gasteiger partial charge in [0.05, 0.1) is 16.8 Å². The van der Waals surface area contributed by atoms with Crippen LogP contribution < -0.4 is 10.6 Å². The van der Waals surface area contributed by atoms with E-state index in [0.29, 0.717) is 23.5 Å². The van der Waals surface area contributed by atoms with Crippen LogP contribution in [-0.4, -0.2) is 37.5 Å². The average Bonchev–Trinajstić information content (AvgIpc) is 3.35. The van der Waals surface area contributed by atoms with E-state index < -0.39 is 0 Å². The zero-order valence-corrected chi connectivity index (χ0v) is 19.2. The van der Waals surface area contributed by atoms with E-state index in [0.717, 1.165) is 24.4 Å². The molecule has 1 aromatic heterocycles. The molecule has 0 spiro atoms. The van der Waals surface area contributed by atoms with Crippen LogP contribution in [0.4, 0.5) is 4.39 Å². The van der Waals surface area contributed by atoms with E-state index in [2.05, 4.69) is 36.5 Å². The molecule has 27 heavy (non-hydrogen) atoms. The second kappa shape index (κ2) is 11.0. The maximum atomic E-state index is 13.6. The molecule has 1 aliphatic rings. The number of nitrogens with zero attached hydrogens (tertiary/aromatic N) is 2. The van der Waals surface area contributed by atoms with Gasteiger partial charge < -0.3 is 15.1 Å². The highest BCUT2D eigenvalue weighted by Crippen LogP contribution is 2.24. The Morgan fingerprint density at radius 3 is 2.70 bits per heavy atom. The van der Waals surface area contributed by atoms with Crippen molar-refractivity contribution in [3.63, 3.8) is 0 Å². The fourth-order valence-corrected chi connectivity index (χ4v) is 3.44. The fraction of sp³-hybridized carbons (Fsp3) is 0.421. The smallest absolute Gasteiger partial charge is 0.191 e. The molecule has 1 saturated heterocycles. The van der Waals surface area contributed by atoms with Crippen molar-refractivity contribution in [3.8, 4) is 0 Å². The molecule has 2 N–H and O–H groups in total. The first-order valence-corrected chi connectivity index (χ1v) is 9.62. The molecule has 0 bridgehead atoms. The molecule has 148 valence electrons. The van der Waals surface area contributed by atoms with Crippen molar-refractivity contribution in [2.45, 2.75) is 25.4 Å². The van der Waals surface area contributed by atoms with Crippen LogP contribution in [0.3, 0.4) is 0 Å². The first kappa shape index (κ1) is 22.2. The minimum Gasteiger partial charge on any atom is -0.468 e. The van der Waals surface area contributed by atoms with Crippen molar-refractivity contribution in [2.75, 3.05) is 26.7 Å². The first-order chi connectivity index (χ1) is 12.7. The summed E-state index contributed by atoms with van der Waals surface area (Å²) < 4.78 is 19.7. The Kier molecular flexibility index (Phi) is 9.04. The molecular formula is C19H25BrFIN4O. The highest BCUT2D eigenvalue weighted by Gasteiger charge is 2.25. The van der Waals surface area contributed by atoms with Crippen LogP contribution in [0.5, 0.6) is 0 Å². The zero-order chi connectivity index (χ0) is 18.4. The van der Waals surface area contributed by atoms with Crippen LogP contribution in [0.15, 0.2) is 50.5 Å². The summed E-state index contributed by atoms with van der Waals surface area (Å²) in [7, 11) is 1.73. The third-order valence-electron chi connectivity index (χ3n) is 4.58. The summed E-state index contributed by atoms with van der Waals surface area (Å²) in [5, 5.41) is 6.60. The summed E-state index contributed by atoms with van der Waals surface area (Å²) in [4.78, 5) is 6.70. The van der Waals surface area contributed by atoms with Gasteiger partial charge in [0.2, 0.25) is 0 Å². The van der Waals surface area contributed by atoms with Gasteiger partial charge in [-0.05, 0) is 71.7 Å². The van der Waals surface area contributed by atoms with E-state index in [-0.39, 0.29) is 35.8 Å². The van der Waals surface area contributed by atoms with Gasteiger partial charge in [0.1, 0.15) is 11.6 Å². The molecule has 3 rings (SSSR count). The van der Waals surface area contributed by atoms with Gasteiger partial charge in [-0.25, -0.2) is 4.39 Å². The predicted octanol–water partition coefficient (Wildman–Crippen LogP) is 4.30. The Bertz CT molecular complexity index is 735. The van der Waals surface area contributed by atoms with Crippen molar-refractivity contribution in [3.05, 3.63) is 58.2 Å². The van der Waals surface area contributed by atoms with Gasteiger partial charge in [-0.3, -0.25) is 9.89 Å². The molecule has 1 fully saturated rings. The Morgan fingerprint density at radius 2 is 2.07 bits per heavy atom. The van der Waals surface area contributed by atoms with E-state index in [1.165, 1.54) is 18.9 Å². The molecular weight excluding hydrogens is 526 g/mol. The van der Waals surface area contributed by atoms with Crippen molar-refractivity contribution in [1.82, 2.24) is 15.5 Å². The lowest BCUT2D eigenvalue weighted by Crippen LogP contribution is -2.42. The molecule has 0 radical (unpaired) electrons. The Labute approximate surface area is 184 Å². The number of hydrogen-bond acceptors (Lipinski definition) is 3. The van der Waals surface area contributed by atoms with Crippen LogP contribution in [0.2, 0.25) is 0 Å². The standard InChI is InChI=1S/C19H24BrFN4O.HI/c1-22-19(23-12-14-6-7-15(20)16(21)11-14)24-13-17(18-5-4-10-26-18)25-8-2-3-9-25;/h4-7,10-11,17H,2-3,8-9,12-13H2,1H3,(H2,22,23,24);1H. The Balaban J connectivity index is 0.00000261. The number of hydrogen-bond donors (Lipinski definition) is 2. The number of guanidine groups is 1. The minimum atomic E-state index is -0.265. The SMILES string of the molecule is CN=C(NCc1ccc(Br)c(F)c1)NCC(c1ccco1)N1CCCC1.I. The molecule has 1 aromatic carbocycles. The van der Waals surface area contributed by atoms with E-state index >= 15 is 0 Å². The normalized spacial score (nSPS) is 16.0. The van der Waals surface area contributed by atoms with Gasteiger partial charge >= 0.3 is 0 Å². The monoisotopic (exact) mass is 550 g/mol. The highest BCUT2D eigenvalue weighted by molar-refractivity contribution is 14.0. The van der Waals surface area contributed by atoms with Crippen LogP contribution in [0.25, 0.3) is 0 Å². The van der Waals surface area contributed by atoms with E-state index in [1.807, 2.05) is 18.2 Å². The maximum absolute atomic E-state index is 13.6. The minimum absolute atomic E-state index is 0. The number of benzene rings is 1. The van der Waals surface area contributed by atoms with Gasteiger partial charge in [-0.1, -0.05) is 6.07 Å². The molecule has 5 nitrogen and oxygen atoms in total. The lowest BCUT2D eigenvalue weighted by molar-refractivity contribution is 0.215. The Hall–Kier alpha value is -1.13. The summed E-state index contributed by atoms with van der Waals surface area (Å²) in [6.45, 7) is 3.36. The molecule has 1 unspecified atom stereocenters. The van der Waals surface area contributed by atoms with E-state index in [4.69, 9.17) is 4.42 Å². The lowest BCUT2D eigenvalue weighted by Gasteiger charge is -2.26. The van der Waals surface area contributed by atoms with Gasteiger partial charge in [0.25, 0.3) is 0 Å². The highest BCUT2D eigenvalue weighted by atomic mass is 127. The molecule has 8 heteroatoms. The van der Waals surface area contributed by atoms with Crippen LogP contribution in [0, 0.1) is 5.82 Å². The second-order valence-corrected chi connectivity index (χ2v) is 7.18. The summed E-state index contributed by atoms with van der Waals surface area (Å²) in [5.41, 5.74) is 0.857. The quantitative estimate of drug-likeness (QED) is 0.320. The third kappa shape index (κ3) is 6.18. The maximum Gasteiger partial charge on any atom is 0.191 e. The van der Waals surface area contributed by atoms with Crippen molar-refractivity contribution in [2.24, 2.45) is 4.99 Å². The average molecular weight is 551 g/mol. The van der Waals surface area contributed by atoms with E-state index in [9.17, 15) is 4.39 Å². The summed E-state index contributed by atoms with van der Waals surface area (Å²) in [6.07, 6.45) is 4.16. The van der Waals surface area contributed by atoms with Gasteiger partial charge in [-0.2, -0.15) is 0 Å². The lowest BCUT2D eigenvalue weighted by atomic mass is 10.2. The molecule has 0 saturated carbocycles. The second-order valence-electron chi connectivity index (χ2n) is 6.33. The summed E-state index contributed by atoms with van der Waals surface area (Å²) in [6, 6.07) is 9.22. The number of rotatable bonds is 6. The molecule has 0 aliphatic carbocycles. The summed E-state index contributed by atoms with van der Waals surface area (Å²) in [5.74, 6) is 1.38. The number of halogens is 3. The number of nitrogens with one attached hydrogen (secondary N) is 2. The van der Waals surface area contributed by atoms with Crippen LogP contribution >= 0.6 is 39.9 Å². The predicted molar refractivity (Wildman–Crippen MR) is 120 cm³/mol. The zero-order valence-electron chi connectivity index (χ0n) is 15.3. The first-order valence-electron chi connectivity index (χ1n) is 8.83. The van der Waals surface area contributed by atoms with Gasteiger partial charge in [-0.15, -0.1) is 24.0 Å². The largest absolute Gasteiger partial charge is 0.468 e. The van der Waals surface area contributed by atoms with E-state index in [1.54, 1.807) is 19.4 Å². The van der Waals surface area contributed by atoms with Crippen molar-refractivity contribution >= 4 is 45.9 Å². The van der Waals surface area contributed by atoms with Gasteiger partial charge in [0.15, 0.2) is 5.96 Å². The number of aliphatic imine (C=N–C) groups is 1.